The first-order chi connectivity index (χ1) is 63.9. The Hall–Kier alpha value is -12.9. The first kappa shape index (κ1) is 116. The van der Waals surface area contributed by atoms with E-state index in [0.29, 0.717) is 28.0 Å². The largest absolute Gasteiger partial charge is 0.488 e. The van der Waals surface area contributed by atoms with Gasteiger partial charge in [-0.1, -0.05) is 117 Å². The number of nitrogens with zero attached hydrogens (tertiary/aromatic N) is 1. The molecule has 0 saturated carbocycles. The molecule has 0 spiro atoms. The molecule has 12 atom stereocenters. The number of benzene rings is 4. The number of nitrogens with two attached hydrogens (primary N) is 1. The van der Waals surface area contributed by atoms with Crippen molar-refractivity contribution in [2.75, 3.05) is 19.7 Å². The molecule has 13 amide bonds. The van der Waals surface area contributed by atoms with Crippen LogP contribution in [0.2, 0.25) is 0 Å². The highest BCUT2D eigenvalue weighted by Gasteiger charge is 2.44. The van der Waals surface area contributed by atoms with Gasteiger partial charge in [0.15, 0.2) is 0 Å². The number of amides is 13. The average molecular weight is 1930 g/mol. The van der Waals surface area contributed by atoms with Gasteiger partial charge >= 0.3 is 29.8 Å². The van der Waals surface area contributed by atoms with Crippen molar-refractivity contribution in [3.8, 4) is 5.75 Å². The monoisotopic (exact) mass is 1930 g/mol. The summed E-state index contributed by atoms with van der Waals surface area (Å²) in [6.45, 7) is 34.6. The Morgan fingerprint density at radius 1 is 0.391 bits per heavy atom. The molecule has 1 aliphatic heterocycles. The average Bonchev–Trinajstić information content (AvgIpc) is 0.927. The highest BCUT2D eigenvalue weighted by Crippen LogP contribution is 2.37. The van der Waals surface area contributed by atoms with Crippen LogP contribution in [0.4, 0.5) is 0 Å². The lowest BCUT2D eigenvalue weighted by Gasteiger charge is -2.37. The fraction of sp³-hybridized carbons (Fsp3) is 0.576. The molecule has 760 valence electrons. The van der Waals surface area contributed by atoms with Gasteiger partial charge in [-0.2, -0.15) is 0 Å². The van der Waals surface area contributed by atoms with E-state index in [1.54, 1.807) is 212 Å². The molecular weight excluding hydrogens is 1790 g/mol. The number of carboxylic acid groups (broad SMARTS) is 1. The van der Waals surface area contributed by atoms with Gasteiger partial charge in [-0.3, -0.25) is 86.3 Å². The predicted octanol–water partition coefficient (Wildman–Crippen LogP) is 4.90. The summed E-state index contributed by atoms with van der Waals surface area (Å²) in [7, 11) is 0. The van der Waals surface area contributed by atoms with Crippen LogP contribution in [-0.2, 0) is 122 Å². The second-order valence-electron chi connectivity index (χ2n) is 40.4. The molecule has 0 aliphatic carbocycles. The van der Waals surface area contributed by atoms with E-state index < -0.39 is 283 Å². The van der Waals surface area contributed by atoms with E-state index in [2.05, 4.69) is 63.8 Å². The van der Waals surface area contributed by atoms with Gasteiger partial charge in [0.2, 0.25) is 76.8 Å². The van der Waals surface area contributed by atoms with E-state index in [1.807, 2.05) is 20.8 Å². The summed E-state index contributed by atoms with van der Waals surface area (Å²) in [6.07, 6.45) is -4.81. The van der Waals surface area contributed by atoms with Crippen LogP contribution in [-0.4, -0.2) is 242 Å². The van der Waals surface area contributed by atoms with Crippen LogP contribution >= 0.6 is 0 Å². The standard InChI is InChI=1S/C99H144N14O25/c1-57(2)80(100)90(129)110-71(52-61-41-43-65(44-42-61)134-94(9,10)11)91(130)113-51-33-40-73(113)89(128)109-69(53-74(114)112-99(62-34-27-24-28-35-62,63-36-29-25-30-37-63)64-38-31-26-32-39-64)83(122)101-55-75(115)102-58(3)81(120)106-67(46-49-77(117)136-96(15,16)17)85(124)108-70(54-79(119)138-98(21,22)23)87(126)107-68(47-50-78(118)137-97(18,19)20)86(125)111-72(56-133-93(6,7)8)88(127)103-59(4)82(121)105-66(84(123)104-60(5)92(131)132)45-48-76(116)135-95(12,13)14/h24-32,34-39,41-44,57-60,66-73,80H,33,40,45-56,100H2,1-23H3,(H,101,122)(H,102,115)(H,103,127)(H,104,123)(H,105,121)(H,106,120)(H,107,126)(H,108,124)(H,109,128)(H,110,129)(H,111,125)(H,112,114)(H,131,132)/t58-,59-,60-,66-,67-,68-,69-,70-,71-,72-,73-,80-/m0/s1. The maximum atomic E-state index is 15.3. The van der Waals surface area contributed by atoms with Gasteiger partial charge in [0.05, 0.1) is 37.6 Å². The first-order valence-electron chi connectivity index (χ1n) is 46.3. The Kier molecular flexibility index (Phi) is 43.1. The van der Waals surface area contributed by atoms with Crippen molar-refractivity contribution < 1.29 is 120 Å². The lowest BCUT2D eigenvalue weighted by molar-refractivity contribution is -0.157. The minimum atomic E-state index is -2.08. The number of rotatable bonds is 47. The predicted molar refractivity (Wildman–Crippen MR) is 508 cm³/mol. The lowest BCUT2D eigenvalue weighted by atomic mass is 9.77. The van der Waals surface area contributed by atoms with Crippen LogP contribution < -0.4 is 74.3 Å². The van der Waals surface area contributed by atoms with E-state index in [1.165, 1.54) is 39.5 Å². The highest BCUT2D eigenvalue weighted by molar-refractivity contribution is 6.01. The third-order valence-corrected chi connectivity index (χ3v) is 20.7. The fourth-order valence-corrected chi connectivity index (χ4v) is 14.1. The van der Waals surface area contributed by atoms with Crippen molar-refractivity contribution >= 4 is 107 Å². The molecule has 0 bridgehead atoms. The van der Waals surface area contributed by atoms with Gasteiger partial charge in [0.1, 0.15) is 106 Å². The van der Waals surface area contributed by atoms with E-state index in [4.69, 9.17) is 34.2 Å². The summed E-state index contributed by atoms with van der Waals surface area (Å²) in [5.74, 6) is -18.1. The van der Waals surface area contributed by atoms with Crippen molar-refractivity contribution in [3.05, 3.63) is 138 Å². The highest BCUT2D eigenvalue weighted by atomic mass is 16.6. The fourth-order valence-electron chi connectivity index (χ4n) is 14.1. The molecule has 0 radical (unpaired) electrons. The molecule has 5 rings (SSSR count). The number of hydrogen-bond donors (Lipinski definition) is 14. The zero-order chi connectivity index (χ0) is 104. The van der Waals surface area contributed by atoms with Crippen molar-refractivity contribution in [2.45, 2.75) is 342 Å². The first-order valence-corrected chi connectivity index (χ1v) is 46.3. The molecule has 39 heteroatoms. The Balaban J connectivity index is 1.50. The Bertz CT molecular complexity index is 4780. The maximum Gasteiger partial charge on any atom is 0.325 e. The molecule has 1 heterocycles. The molecule has 1 saturated heterocycles. The minimum Gasteiger partial charge on any atom is -0.488 e. The minimum absolute atomic E-state index is 0.0219. The summed E-state index contributed by atoms with van der Waals surface area (Å²) >= 11 is 0. The van der Waals surface area contributed by atoms with E-state index in [9.17, 15) is 62.6 Å². The summed E-state index contributed by atoms with van der Waals surface area (Å²) in [4.78, 5) is 257. The second kappa shape index (κ2) is 51.5. The maximum absolute atomic E-state index is 15.3. The number of carbonyl (C=O) groups is 18. The summed E-state index contributed by atoms with van der Waals surface area (Å²) in [5.41, 5.74) is 1.35. The molecule has 15 N–H and O–H groups in total. The van der Waals surface area contributed by atoms with Crippen LogP contribution in [0.3, 0.4) is 0 Å². The molecule has 4 aromatic carbocycles. The van der Waals surface area contributed by atoms with Gasteiger partial charge in [0, 0.05) is 32.2 Å². The van der Waals surface area contributed by atoms with Gasteiger partial charge < -0.3 is 108 Å². The third kappa shape index (κ3) is 40.4. The quantitative estimate of drug-likeness (QED) is 0.0159. The number of ether oxygens (including phenoxy) is 6. The number of carbonyl (C=O) groups excluding carboxylic acids is 17. The van der Waals surface area contributed by atoms with Crippen molar-refractivity contribution in [3.63, 3.8) is 0 Å². The SMILES string of the molecule is CC(C)[C@H](N)C(=O)N[C@@H](Cc1ccc(OC(C)(C)C)cc1)C(=O)N1CCC[C@H]1C(=O)N[C@@H](CC(=O)NC(c1ccccc1)(c1ccccc1)c1ccccc1)C(=O)NCC(=O)N[C@@H](C)C(=O)N[C@@H](CCC(=O)OC(C)(C)C)C(=O)N[C@@H](CC(=O)OC(C)(C)C)C(=O)N[C@@H](CCC(=O)OC(C)(C)C)C(=O)N[C@@H](COC(C)(C)C)C(=O)N[C@@H](C)C(=O)N[C@@H](CCC(=O)OC(C)(C)C)C(=O)N[C@@H](C)C(=O)O. The van der Waals surface area contributed by atoms with Crippen molar-refractivity contribution in [2.24, 2.45) is 11.7 Å². The molecular formula is C99H144N14O25. The third-order valence-electron chi connectivity index (χ3n) is 20.7. The number of aliphatic carboxylic acids is 1. The lowest BCUT2D eigenvalue weighted by Crippen LogP contribution is -2.61. The van der Waals surface area contributed by atoms with E-state index in [0.717, 1.165) is 6.92 Å². The molecule has 138 heavy (non-hydrogen) atoms. The second-order valence-corrected chi connectivity index (χ2v) is 40.4. The van der Waals surface area contributed by atoms with Crippen LogP contribution in [0.1, 0.15) is 246 Å². The van der Waals surface area contributed by atoms with Gasteiger partial charge in [-0.05, 0) is 218 Å². The molecule has 4 aromatic rings. The molecule has 0 unspecified atom stereocenters. The number of nitrogens with one attached hydrogen (secondary N) is 12. The van der Waals surface area contributed by atoms with Crippen molar-refractivity contribution in [1.82, 2.24) is 68.7 Å². The normalized spacial score (nSPS) is 15.4. The number of hydrogen-bond acceptors (Lipinski definition) is 25. The Morgan fingerprint density at radius 2 is 0.768 bits per heavy atom. The number of carboxylic acids is 1. The van der Waals surface area contributed by atoms with Gasteiger partial charge in [-0.25, -0.2) is 0 Å². The Morgan fingerprint density at radius 3 is 1.19 bits per heavy atom. The van der Waals surface area contributed by atoms with Gasteiger partial charge in [0.25, 0.3) is 0 Å². The van der Waals surface area contributed by atoms with Crippen LogP contribution in [0.25, 0.3) is 0 Å². The van der Waals surface area contributed by atoms with Crippen molar-refractivity contribution in [1.29, 1.82) is 0 Å². The van der Waals surface area contributed by atoms with E-state index in [-0.39, 0.29) is 31.7 Å². The molecule has 0 aromatic heterocycles. The smallest absolute Gasteiger partial charge is 0.325 e. The summed E-state index contributed by atoms with van der Waals surface area (Å²) in [6, 6.07) is 14.5. The summed E-state index contributed by atoms with van der Waals surface area (Å²) in [5, 5.41) is 40.0. The van der Waals surface area contributed by atoms with Gasteiger partial charge in [-0.15, -0.1) is 0 Å². The summed E-state index contributed by atoms with van der Waals surface area (Å²) < 4.78 is 34.0. The molecule has 39 nitrogen and oxygen atoms in total. The van der Waals surface area contributed by atoms with E-state index >= 15 is 28.8 Å². The number of likely N-dealkylation sites (tertiary alicyclic amines) is 1. The topological polar surface area (TPSA) is 556 Å². The molecule has 1 fully saturated rings. The Labute approximate surface area is 807 Å². The van der Waals surface area contributed by atoms with Crippen LogP contribution in [0, 0.1) is 5.92 Å². The molecule has 1 aliphatic rings. The zero-order valence-corrected chi connectivity index (χ0v) is 83.6. The zero-order valence-electron chi connectivity index (χ0n) is 83.6. The van der Waals surface area contributed by atoms with Crippen LogP contribution in [0.5, 0.6) is 5.75 Å². The van der Waals surface area contributed by atoms with Crippen LogP contribution in [0.15, 0.2) is 115 Å². The number of esters is 4.